The van der Waals surface area contributed by atoms with Gasteiger partial charge >= 0.3 is 6.61 Å². The summed E-state index contributed by atoms with van der Waals surface area (Å²) in [5, 5.41) is 2.88. The predicted molar refractivity (Wildman–Crippen MR) is 107 cm³/mol. The number of carbonyl (C=O) groups is 1. The Morgan fingerprint density at radius 1 is 1.17 bits per heavy atom. The van der Waals surface area contributed by atoms with E-state index in [1.165, 1.54) is 25.3 Å². The lowest BCUT2D eigenvalue weighted by atomic mass is 10.2. The van der Waals surface area contributed by atoms with Crippen LogP contribution in [0.25, 0.3) is 6.08 Å². The Morgan fingerprint density at radius 2 is 1.93 bits per heavy atom. The smallest absolute Gasteiger partial charge is 0.387 e. The van der Waals surface area contributed by atoms with E-state index < -0.39 is 6.61 Å². The Labute approximate surface area is 167 Å². The molecule has 6 nitrogen and oxygen atoms in total. The first-order chi connectivity index (χ1) is 14.1. The third-order valence-electron chi connectivity index (χ3n) is 4.34. The van der Waals surface area contributed by atoms with Crippen molar-refractivity contribution < 1.29 is 27.8 Å². The minimum absolute atomic E-state index is 0.0662. The van der Waals surface area contributed by atoms with Crippen molar-refractivity contribution >= 4 is 23.4 Å². The maximum atomic E-state index is 12.4. The molecule has 0 radical (unpaired) electrons. The molecule has 3 rings (SSSR count). The van der Waals surface area contributed by atoms with Crippen LogP contribution < -0.4 is 19.7 Å². The monoisotopic (exact) mass is 404 g/mol. The van der Waals surface area contributed by atoms with Crippen molar-refractivity contribution in [3.63, 3.8) is 0 Å². The maximum Gasteiger partial charge on any atom is 0.387 e. The lowest BCUT2D eigenvalue weighted by Crippen LogP contribution is -2.36. The quantitative estimate of drug-likeness (QED) is 0.712. The van der Waals surface area contributed by atoms with Crippen molar-refractivity contribution in [1.29, 1.82) is 0 Å². The molecule has 0 bridgehead atoms. The third-order valence-corrected chi connectivity index (χ3v) is 4.34. The zero-order valence-corrected chi connectivity index (χ0v) is 15.9. The fourth-order valence-electron chi connectivity index (χ4n) is 2.99. The summed E-state index contributed by atoms with van der Waals surface area (Å²) in [5.74, 6) is -0.216. The average Bonchev–Trinajstić information content (AvgIpc) is 2.73. The van der Waals surface area contributed by atoms with Crippen molar-refractivity contribution in [2.45, 2.75) is 6.61 Å². The van der Waals surface area contributed by atoms with E-state index in [-0.39, 0.29) is 17.4 Å². The minimum Gasteiger partial charge on any atom is -0.493 e. The Kier molecular flexibility index (Phi) is 7.02. The van der Waals surface area contributed by atoms with Gasteiger partial charge in [-0.25, -0.2) is 0 Å². The van der Waals surface area contributed by atoms with E-state index in [1.807, 2.05) is 24.3 Å². The van der Waals surface area contributed by atoms with Crippen LogP contribution in [0.15, 0.2) is 48.5 Å². The van der Waals surface area contributed by atoms with Gasteiger partial charge in [-0.05, 0) is 35.9 Å². The number of amides is 1. The standard InChI is InChI=1S/C21H22F2N2O4/c1-27-19-14-15(6-8-18(19)29-21(22)23)7-9-20(26)24-16-4-2-3-5-17(16)25-10-12-28-13-11-25/h2-9,14,21H,10-13H2,1H3,(H,24,26)/b9-7+. The van der Waals surface area contributed by atoms with Crippen molar-refractivity contribution in [3.8, 4) is 11.5 Å². The van der Waals surface area contributed by atoms with Crippen molar-refractivity contribution in [2.24, 2.45) is 0 Å². The first kappa shape index (κ1) is 20.6. The predicted octanol–water partition coefficient (Wildman–Crippen LogP) is 3.79. The first-order valence-electron chi connectivity index (χ1n) is 9.10. The van der Waals surface area contributed by atoms with Gasteiger partial charge in [0.1, 0.15) is 0 Å². The minimum atomic E-state index is -2.94. The number of morpholine rings is 1. The molecule has 1 fully saturated rings. The highest BCUT2D eigenvalue weighted by atomic mass is 19.3. The molecular weight excluding hydrogens is 382 g/mol. The molecule has 8 heteroatoms. The second-order valence-corrected chi connectivity index (χ2v) is 6.23. The SMILES string of the molecule is COc1cc(/C=C/C(=O)Nc2ccccc2N2CCOCC2)ccc1OC(F)F. The molecule has 0 aliphatic carbocycles. The second-order valence-electron chi connectivity index (χ2n) is 6.23. The van der Waals surface area contributed by atoms with Crippen LogP contribution in [0.1, 0.15) is 5.56 Å². The molecular formula is C21H22F2N2O4. The second kappa shape index (κ2) is 9.88. The van der Waals surface area contributed by atoms with Crippen molar-refractivity contribution in [3.05, 3.63) is 54.1 Å². The molecule has 2 aromatic carbocycles. The molecule has 0 spiro atoms. The van der Waals surface area contributed by atoms with E-state index in [1.54, 1.807) is 12.1 Å². The normalized spacial score (nSPS) is 14.3. The van der Waals surface area contributed by atoms with E-state index in [4.69, 9.17) is 9.47 Å². The number of carbonyl (C=O) groups excluding carboxylic acids is 1. The number of methoxy groups -OCH3 is 1. The van der Waals surface area contributed by atoms with Gasteiger partial charge in [0.25, 0.3) is 0 Å². The van der Waals surface area contributed by atoms with E-state index in [0.717, 1.165) is 18.8 Å². The summed E-state index contributed by atoms with van der Waals surface area (Å²) in [5.41, 5.74) is 2.26. The number of para-hydroxylation sites is 2. The lowest BCUT2D eigenvalue weighted by Gasteiger charge is -2.30. The first-order valence-corrected chi connectivity index (χ1v) is 9.10. The number of alkyl halides is 2. The topological polar surface area (TPSA) is 60.0 Å². The van der Waals surface area contributed by atoms with Crippen LogP contribution in [0.5, 0.6) is 11.5 Å². The molecule has 1 N–H and O–H groups in total. The number of ether oxygens (including phenoxy) is 3. The molecule has 1 saturated heterocycles. The zero-order valence-electron chi connectivity index (χ0n) is 15.9. The molecule has 1 aliphatic heterocycles. The van der Waals surface area contributed by atoms with Crippen LogP contribution in [0.2, 0.25) is 0 Å². The summed E-state index contributed by atoms with van der Waals surface area (Å²) in [6.07, 6.45) is 2.94. The number of benzene rings is 2. The van der Waals surface area contributed by atoms with E-state index in [2.05, 4.69) is 15.0 Å². The van der Waals surface area contributed by atoms with Crippen LogP contribution in [0, 0.1) is 0 Å². The molecule has 154 valence electrons. The van der Waals surface area contributed by atoms with Crippen molar-refractivity contribution in [1.82, 2.24) is 0 Å². The summed E-state index contributed by atoms with van der Waals surface area (Å²) in [4.78, 5) is 14.6. The van der Waals surface area contributed by atoms with Gasteiger partial charge in [-0.15, -0.1) is 0 Å². The van der Waals surface area contributed by atoms with Gasteiger partial charge in [-0.2, -0.15) is 8.78 Å². The molecule has 1 heterocycles. The Hall–Kier alpha value is -3.13. The zero-order chi connectivity index (χ0) is 20.6. The molecule has 1 aliphatic rings. The van der Waals surface area contributed by atoms with Gasteiger partial charge in [-0.3, -0.25) is 4.79 Å². The van der Waals surface area contributed by atoms with Gasteiger partial charge in [-0.1, -0.05) is 18.2 Å². The van der Waals surface area contributed by atoms with Crippen LogP contribution >= 0.6 is 0 Å². The van der Waals surface area contributed by atoms with Crippen LogP contribution in [0.3, 0.4) is 0 Å². The number of hydrogen-bond acceptors (Lipinski definition) is 5. The molecule has 0 aromatic heterocycles. The molecule has 0 saturated carbocycles. The average molecular weight is 404 g/mol. The summed E-state index contributed by atoms with van der Waals surface area (Å²) in [6.45, 7) is -0.127. The number of nitrogens with zero attached hydrogens (tertiary/aromatic N) is 1. The van der Waals surface area contributed by atoms with Crippen LogP contribution in [0.4, 0.5) is 20.2 Å². The van der Waals surface area contributed by atoms with Crippen LogP contribution in [-0.4, -0.2) is 45.9 Å². The van der Waals surface area contributed by atoms with E-state index in [0.29, 0.717) is 24.5 Å². The fraction of sp³-hybridized carbons (Fsp3) is 0.286. The third kappa shape index (κ3) is 5.68. The van der Waals surface area contributed by atoms with Crippen molar-refractivity contribution in [2.75, 3.05) is 43.6 Å². The van der Waals surface area contributed by atoms with Gasteiger partial charge in [0.05, 0.1) is 31.7 Å². The highest BCUT2D eigenvalue weighted by Crippen LogP contribution is 2.30. The summed E-state index contributed by atoms with van der Waals surface area (Å²) >= 11 is 0. The van der Waals surface area contributed by atoms with Gasteiger partial charge < -0.3 is 24.4 Å². The highest BCUT2D eigenvalue weighted by molar-refractivity contribution is 6.03. The number of hydrogen-bond donors (Lipinski definition) is 1. The van der Waals surface area contributed by atoms with Crippen LogP contribution in [-0.2, 0) is 9.53 Å². The van der Waals surface area contributed by atoms with Gasteiger partial charge in [0.15, 0.2) is 11.5 Å². The van der Waals surface area contributed by atoms with E-state index in [9.17, 15) is 13.6 Å². The van der Waals surface area contributed by atoms with E-state index >= 15 is 0 Å². The molecule has 1 amide bonds. The Morgan fingerprint density at radius 3 is 2.66 bits per heavy atom. The number of anilines is 2. The summed E-state index contributed by atoms with van der Waals surface area (Å²) in [7, 11) is 1.36. The summed E-state index contributed by atoms with van der Waals surface area (Å²) < 4.78 is 39.7. The highest BCUT2D eigenvalue weighted by Gasteiger charge is 2.15. The largest absolute Gasteiger partial charge is 0.493 e. The molecule has 2 aromatic rings. The van der Waals surface area contributed by atoms with Gasteiger partial charge in [0.2, 0.25) is 5.91 Å². The maximum absolute atomic E-state index is 12.4. The Balaban J connectivity index is 1.69. The number of rotatable bonds is 7. The fourth-order valence-corrected chi connectivity index (χ4v) is 2.99. The molecule has 0 atom stereocenters. The molecule has 0 unspecified atom stereocenters. The Bertz CT molecular complexity index is 868. The van der Waals surface area contributed by atoms with Gasteiger partial charge in [0, 0.05) is 19.2 Å². The molecule has 29 heavy (non-hydrogen) atoms. The summed E-state index contributed by atoms with van der Waals surface area (Å²) in [6, 6.07) is 12.0. The number of halogens is 2. The number of nitrogens with one attached hydrogen (secondary N) is 1. The lowest BCUT2D eigenvalue weighted by molar-refractivity contribution is -0.111.